The summed E-state index contributed by atoms with van der Waals surface area (Å²) in [6, 6.07) is 0. The molecule has 5 unspecified atom stereocenters. The third-order valence-electron chi connectivity index (χ3n) is 10.6. The smallest absolute Gasteiger partial charge is 0.330 e. The van der Waals surface area contributed by atoms with Gasteiger partial charge in [-0.3, -0.25) is 0 Å². The van der Waals surface area contributed by atoms with Crippen LogP contribution in [0.3, 0.4) is 0 Å². The third-order valence-corrected chi connectivity index (χ3v) is 10.6. The van der Waals surface area contributed by atoms with E-state index >= 15 is 0 Å². The van der Waals surface area contributed by atoms with Gasteiger partial charge < -0.3 is 14.2 Å². The van der Waals surface area contributed by atoms with Gasteiger partial charge in [0, 0.05) is 19.3 Å². The summed E-state index contributed by atoms with van der Waals surface area (Å²) < 4.78 is 17.9. The lowest BCUT2D eigenvalue weighted by Crippen LogP contribution is -2.50. The minimum atomic E-state index is -0.324. The number of hydrogen-bond donors (Lipinski definition) is 0. The number of carbonyl (C=O) groups excluding carboxylic acids is 1. The second-order valence-electron chi connectivity index (χ2n) is 13.4. The van der Waals surface area contributed by atoms with Crippen molar-refractivity contribution in [1.82, 2.24) is 0 Å². The van der Waals surface area contributed by atoms with Crippen LogP contribution in [0.15, 0.2) is 25.3 Å². The summed E-state index contributed by atoms with van der Waals surface area (Å²) in [4.78, 5) is 22.5. The van der Waals surface area contributed by atoms with E-state index in [0.29, 0.717) is 19.3 Å². The summed E-state index contributed by atoms with van der Waals surface area (Å²) in [5.74, 6) is 3.20. The van der Waals surface area contributed by atoms with Gasteiger partial charge in [0.25, 0.3) is 0 Å². The number of fused-ring (bicyclic) bond motifs is 1. The minimum Gasteiger partial charge on any atom is -0.463 e. The molecule has 0 bridgehead atoms. The van der Waals surface area contributed by atoms with Gasteiger partial charge in [0.1, 0.15) is 12.7 Å². The summed E-state index contributed by atoms with van der Waals surface area (Å²) in [6.45, 7) is 9.83. The summed E-state index contributed by atoms with van der Waals surface area (Å²) in [6.07, 6.45) is 26.6. The Balaban J connectivity index is 1.11. The van der Waals surface area contributed by atoms with Crippen molar-refractivity contribution in [2.45, 2.75) is 140 Å². The standard InChI is InChI=1S/C35H58O6/c1-3-21-40-41-33-12-8-7-11-24-39-35(33)19-17-28(18-20-35)25-29-13-14-31-27-32(16-15-30(31)26-29)37-22-9-5-6-10-23-38-34(36)4-2/h3-4,28-33H,1-2,5-27H2. The number of ether oxygens (including phenoxy) is 3. The average molecular weight is 575 g/mol. The number of carbonyl (C=O) groups is 1. The maximum atomic E-state index is 11.1. The van der Waals surface area contributed by atoms with Gasteiger partial charge in [-0.2, -0.15) is 0 Å². The van der Waals surface area contributed by atoms with Crippen molar-refractivity contribution in [3.63, 3.8) is 0 Å². The molecular weight excluding hydrogens is 516 g/mol. The van der Waals surface area contributed by atoms with E-state index in [1.807, 2.05) is 0 Å². The Hall–Kier alpha value is -1.21. The Morgan fingerprint density at radius 1 is 0.829 bits per heavy atom. The van der Waals surface area contributed by atoms with E-state index in [1.54, 1.807) is 6.08 Å². The fourth-order valence-electron chi connectivity index (χ4n) is 8.23. The monoisotopic (exact) mass is 574 g/mol. The van der Waals surface area contributed by atoms with Crippen LogP contribution in [-0.2, 0) is 28.8 Å². The Morgan fingerprint density at radius 3 is 2.41 bits per heavy atom. The van der Waals surface area contributed by atoms with Crippen LogP contribution >= 0.6 is 0 Å². The fourth-order valence-corrected chi connectivity index (χ4v) is 8.23. The Bertz CT molecular complexity index is 775. The van der Waals surface area contributed by atoms with E-state index in [9.17, 15) is 4.79 Å². The summed E-state index contributed by atoms with van der Waals surface area (Å²) in [5.41, 5.74) is -0.158. The first-order valence-electron chi connectivity index (χ1n) is 17.1. The second-order valence-corrected chi connectivity index (χ2v) is 13.4. The molecule has 0 amide bonds. The molecule has 41 heavy (non-hydrogen) atoms. The number of esters is 1. The van der Waals surface area contributed by atoms with Crippen LogP contribution in [0.5, 0.6) is 0 Å². The topological polar surface area (TPSA) is 63.2 Å². The highest BCUT2D eigenvalue weighted by molar-refractivity contribution is 5.81. The molecule has 5 atom stereocenters. The minimum absolute atomic E-state index is 0.0467. The zero-order valence-corrected chi connectivity index (χ0v) is 25.7. The van der Waals surface area contributed by atoms with Gasteiger partial charge in [0.05, 0.1) is 18.3 Å². The first-order valence-corrected chi connectivity index (χ1v) is 17.1. The molecule has 6 heteroatoms. The van der Waals surface area contributed by atoms with Gasteiger partial charge in [-0.05, 0) is 120 Å². The molecule has 1 saturated heterocycles. The lowest BCUT2D eigenvalue weighted by atomic mass is 9.64. The van der Waals surface area contributed by atoms with Gasteiger partial charge in [-0.25, -0.2) is 14.6 Å². The molecule has 6 nitrogen and oxygen atoms in total. The molecule has 0 aromatic rings. The third kappa shape index (κ3) is 10.5. The molecule has 0 N–H and O–H groups in total. The van der Waals surface area contributed by atoms with Crippen molar-refractivity contribution in [3.05, 3.63) is 25.3 Å². The highest BCUT2D eigenvalue weighted by Gasteiger charge is 2.45. The maximum Gasteiger partial charge on any atom is 0.330 e. The molecule has 0 aromatic carbocycles. The lowest BCUT2D eigenvalue weighted by Gasteiger charge is -2.46. The normalized spacial score (nSPS) is 34.2. The van der Waals surface area contributed by atoms with Gasteiger partial charge in [0.2, 0.25) is 0 Å². The molecule has 0 aromatic heterocycles. The van der Waals surface area contributed by atoms with Crippen LogP contribution in [0, 0.1) is 23.7 Å². The number of hydrogen-bond acceptors (Lipinski definition) is 6. The maximum absolute atomic E-state index is 11.1. The van der Waals surface area contributed by atoms with Crippen molar-refractivity contribution in [2.24, 2.45) is 23.7 Å². The lowest BCUT2D eigenvalue weighted by molar-refractivity contribution is -0.356. The van der Waals surface area contributed by atoms with E-state index < -0.39 is 0 Å². The largest absolute Gasteiger partial charge is 0.463 e. The summed E-state index contributed by atoms with van der Waals surface area (Å²) in [5, 5.41) is 0. The first kappa shape index (κ1) is 32.7. The SMILES string of the molecule is C=CCOOC1CCCCCOC12CCC(CC1CCC3CC(OCCCCCCOC(=O)C=C)CCC3C1)CC2. The molecule has 3 saturated carbocycles. The van der Waals surface area contributed by atoms with Crippen LogP contribution < -0.4 is 0 Å². The van der Waals surface area contributed by atoms with Gasteiger partial charge in [-0.1, -0.05) is 38.3 Å². The van der Waals surface area contributed by atoms with Crippen LogP contribution in [0.1, 0.15) is 122 Å². The molecular formula is C35H58O6. The predicted molar refractivity (Wildman–Crippen MR) is 162 cm³/mol. The Kier molecular flexibility index (Phi) is 14.2. The fraction of sp³-hybridized carbons (Fsp3) is 0.857. The molecule has 3 aliphatic carbocycles. The van der Waals surface area contributed by atoms with Crippen LogP contribution in [0.4, 0.5) is 0 Å². The van der Waals surface area contributed by atoms with E-state index in [2.05, 4.69) is 13.2 Å². The average Bonchev–Trinajstić information content (AvgIpc) is 2.99. The zero-order chi connectivity index (χ0) is 28.8. The predicted octanol–water partition coefficient (Wildman–Crippen LogP) is 8.29. The van der Waals surface area contributed by atoms with Crippen LogP contribution in [0.25, 0.3) is 0 Å². The molecule has 1 aliphatic heterocycles. The molecule has 4 fully saturated rings. The molecule has 4 rings (SSSR count). The Labute approximate surface area is 249 Å². The molecule has 0 radical (unpaired) electrons. The molecule has 1 heterocycles. The van der Waals surface area contributed by atoms with Crippen LogP contribution in [0.2, 0.25) is 0 Å². The van der Waals surface area contributed by atoms with Gasteiger partial charge in [-0.15, -0.1) is 6.58 Å². The van der Waals surface area contributed by atoms with Crippen molar-refractivity contribution in [1.29, 1.82) is 0 Å². The van der Waals surface area contributed by atoms with E-state index in [-0.39, 0.29) is 17.7 Å². The van der Waals surface area contributed by atoms with Crippen molar-refractivity contribution in [2.75, 3.05) is 26.4 Å². The van der Waals surface area contributed by atoms with Crippen molar-refractivity contribution in [3.8, 4) is 0 Å². The van der Waals surface area contributed by atoms with Gasteiger partial charge in [0.15, 0.2) is 0 Å². The zero-order valence-electron chi connectivity index (χ0n) is 25.7. The van der Waals surface area contributed by atoms with E-state index in [0.717, 1.165) is 81.8 Å². The quantitative estimate of drug-likeness (QED) is 0.0490. The molecule has 4 aliphatic rings. The molecule has 1 spiro atoms. The molecule has 234 valence electrons. The second kappa shape index (κ2) is 17.8. The summed E-state index contributed by atoms with van der Waals surface area (Å²) in [7, 11) is 0. The van der Waals surface area contributed by atoms with Crippen molar-refractivity contribution < 1.29 is 28.8 Å². The van der Waals surface area contributed by atoms with E-state index in [4.69, 9.17) is 24.0 Å². The number of rotatable bonds is 15. The van der Waals surface area contributed by atoms with Gasteiger partial charge >= 0.3 is 5.97 Å². The Morgan fingerprint density at radius 2 is 1.61 bits per heavy atom. The number of unbranched alkanes of at least 4 members (excludes halogenated alkanes) is 3. The van der Waals surface area contributed by atoms with Crippen molar-refractivity contribution >= 4 is 5.97 Å². The first-order chi connectivity index (χ1) is 20.1. The summed E-state index contributed by atoms with van der Waals surface area (Å²) >= 11 is 0. The van der Waals surface area contributed by atoms with E-state index in [1.165, 1.54) is 83.1 Å². The highest BCUT2D eigenvalue weighted by atomic mass is 17.2. The highest BCUT2D eigenvalue weighted by Crippen LogP contribution is 2.48. The van der Waals surface area contributed by atoms with Crippen LogP contribution in [-0.4, -0.2) is 50.2 Å².